The molecule has 2 aromatic carbocycles. The molecule has 1 amide bonds. The number of hydrogen-bond donors (Lipinski definition) is 1. The SMILES string of the molecule is O=C(CCc1ccccc1)Nc1ccc(-c2ccncc2F)cc1. The lowest BCUT2D eigenvalue weighted by molar-refractivity contribution is -0.116. The molecule has 24 heavy (non-hydrogen) atoms. The van der Waals surface area contributed by atoms with Gasteiger partial charge in [0.1, 0.15) is 5.82 Å². The van der Waals surface area contributed by atoms with Gasteiger partial charge in [0.05, 0.1) is 6.20 Å². The van der Waals surface area contributed by atoms with Crippen LogP contribution in [0.15, 0.2) is 73.1 Å². The zero-order valence-electron chi connectivity index (χ0n) is 13.1. The number of pyridine rings is 1. The van der Waals surface area contributed by atoms with Crippen LogP contribution in [-0.2, 0) is 11.2 Å². The Morgan fingerprint density at radius 3 is 2.46 bits per heavy atom. The van der Waals surface area contributed by atoms with E-state index >= 15 is 0 Å². The molecule has 1 heterocycles. The van der Waals surface area contributed by atoms with Crippen molar-refractivity contribution in [2.45, 2.75) is 12.8 Å². The van der Waals surface area contributed by atoms with Crippen LogP contribution in [0.1, 0.15) is 12.0 Å². The van der Waals surface area contributed by atoms with Gasteiger partial charge in [-0.15, -0.1) is 0 Å². The first-order chi connectivity index (χ1) is 11.7. The molecule has 4 heteroatoms. The fourth-order valence-electron chi connectivity index (χ4n) is 2.47. The maximum absolute atomic E-state index is 13.7. The van der Waals surface area contributed by atoms with Gasteiger partial charge in [-0.3, -0.25) is 9.78 Å². The summed E-state index contributed by atoms with van der Waals surface area (Å²) in [6.07, 6.45) is 3.87. The summed E-state index contributed by atoms with van der Waals surface area (Å²) in [5.74, 6) is -0.404. The molecule has 0 saturated carbocycles. The van der Waals surface area contributed by atoms with E-state index in [1.54, 1.807) is 36.5 Å². The molecule has 0 aliphatic rings. The summed E-state index contributed by atoms with van der Waals surface area (Å²) in [6.45, 7) is 0. The molecule has 0 aliphatic carbocycles. The van der Waals surface area contributed by atoms with Crippen molar-refractivity contribution >= 4 is 11.6 Å². The molecule has 0 bridgehead atoms. The molecule has 3 nitrogen and oxygen atoms in total. The number of aryl methyl sites for hydroxylation is 1. The molecule has 120 valence electrons. The van der Waals surface area contributed by atoms with Gasteiger partial charge in [-0.25, -0.2) is 4.39 Å². The highest BCUT2D eigenvalue weighted by Crippen LogP contribution is 2.23. The molecule has 0 fully saturated rings. The molecule has 3 aromatic rings. The first kappa shape index (κ1) is 15.9. The highest BCUT2D eigenvalue weighted by Gasteiger charge is 2.06. The lowest BCUT2D eigenvalue weighted by Crippen LogP contribution is -2.12. The summed E-state index contributed by atoms with van der Waals surface area (Å²) < 4.78 is 13.7. The quantitative estimate of drug-likeness (QED) is 0.754. The first-order valence-corrected chi connectivity index (χ1v) is 7.76. The second-order valence-electron chi connectivity index (χ2n) is 5.47. The maximum Gasteiger partial charge on any atom is 0.224 e. The number of benzene rings is 2. The molecule has 0 saturated heterocycles. The monoisotopic (exact) mass is 320 g/mol. The number of nitrogens with zero attached hydrogens (tertiary/aromatic N) is 1. The van der Waals surface area contributed by atoms with E-state index in [1.807, 2.05) is 30.3 Å². The van der Waals surface area contributed by atoms with Gasteiger partial charge in [-0.2, -0.15) is 0 Å². The van der Waals surface area contributed by atoms with Crippen LogP contribution in [0.3, 0.4) is 0 Å². The second-order valence-corrected chi connectivity index (χ2v) is 5.47. The Labute approximate surface area is 140 Å². The molecule has 1 N–H and O–H groups in total. The third kappa shape index (κ3) is 4.04. The minimum absolute atomic E-state index is 0.0401. The predicted molar refractivity (Wildman–Crippen MR) is 93.0 cm³/mol. The smallest absolute Gasteiger partial charge is 0.224 e. The Hall–Kier alpha value is -3.01. The Morgan fingerprint density at radius 1 is 1.00 bits per heavy atom. The number of amides is 1. The van der Waals surface area contributed by atoms with Gasteiger partial charge in [0.2, 0.25) is 5.91 Å². The van der Waals surface area contributed by atoms with Crippen LogP contribution < -0.4 is 5.32 Å². The molecule has 0 spiro atoms. The van der Waals surface area contributed by atoms with Gasteiger partial charge in [0, 0.05) is 23.9 Å². The zero-order chi connectivity index (χ0) is 16.8. The van der Waals surface area contributed by atoms with Crippen molar-refractivity contribution in [3.05, 3.63) is 84.4 Å². The Bertz CT molecular complexity index is 817. The standard InChI is InChI=1S/C20H17FN2O/c21-19-14-22-13-12-18(19)16-7-9-17(10-8-16)23-20(24)11-6-15-4-2-1-3-5-15/h1-5,7-10,12-14H,6,11H2,(H,23,24). The highest BCUT2D eigenvalue weighted by molar-refractivity contribution is 5.91. The van der Waals surface area contributed by atoms with Crippen molar-refractivity contribution in [3.63, 3.8) is 0 Å². The van der Waals surface area contributed by atoms with E-state index in [1.165, 1.54) is 6.20 Å². The van der Waals surface area contributed by atoms with E-state index in [-0.39, 0.29) is 11.7 Å². The maximum atomic E-state index is 13.7. The normalized spacial score (nSPS) is 10.4. The summed E-state index contributed by atoms with van der Waals surface area (Å²) >= 11 is 0. The number of aromatic nitrogens is 1. The summed E-state index contributed by atoms with van der Waals surface area (Å²) in [7, 11) is 0. The van der Waals surface area contributed by atoms with Crippen molar-refractivity contribution in [1.82, 2.24) is 4.98 Å². The van der Waals surface area contributed by atoms with Gasteiger partial charge in [-0.05, 0) is 35.7 Å². The molecule has 0 aliphatic heterocycles. The van der Waals surface area contributed by atoms with Crippen molar-refractivity contribution < 1.29 is 9.18 Å². The lowest BCUT2D eigenvalue weighted by atomic mass is 10.1. The lowest BCUT2D eigenvalue weighted by Gasteiger charge is -2.07. The molecule has 0 radical (unpaired) electrons. The Kier molecular flexibility index (Phi) is 4.96. The minimum atomic E-state index is -0.364. The average molecular weight is 320 g/mol. The number of carbonyl (C=O) groups is 1. The Balaban J connectivity index is 1.60. The van der Waals surface area contributed by atoms with E-state index in [9.17, 15) is 9.18 Å². The van der Waals surface area contributed by atoms with Gasteiger partial charge >= 0.3 is 0 Å². The topological polar surface area (TPSA) is 42.0 Å². The molecular weight excluding hydrogens is 303 g/mol. The first-order valence-electron chi connectivity index (χ1n) is 7.76. The third-order valence-corrected chi connectivity index (χ3v) is 3.74. The van der Waals surface area contributed by atoms with Gasteiger partial charge in [0.25, 0.3) is 0 Å². The van der Waals surface area contributed by atoms with Crippen molar-refractivity contribution in [2.24, 2.45) is 0 Å². The zero-order valence-corrected chi connectivity index (χ0v) is 13.1. The van der Waals surface area contributed by atoms with Crippen LogP contribution in [-0.4, -0.2) is 10.9 Å². The van der Waals surface area contributed by atoms with Crippen molar-refractivity contribution in [1.29, 1.82) is 0 Å². The summed E-state index contributed by atoms with van der Waals surface area (Å²) in [4.78, 5) is 15.8. The number of rotatable bonds is 5. The fourth-order valence-corrected chi connectivity index (χ4v) is 2.47. The van der Waals surface area contributed by atoms with Crippen LogP contribution in [0.2, 0.25) is 0 Å². The molecule has 0 unspecified atom stereocenters. The second kappa shape index (κ2) is 7.51. The van der Waals surface area contributed by atoms with Crippen LogP contribution >= 0.6 is 0 Å². The van der Waals surface area contributed by atoms with Crippen molar-refractivity contribution in [2.75, 3.05) is 5.32 Å². The predicted octanol–water partition coefficient (Wildman–Crippen LogP) is 4.46. The molecule has 1 aromatic heterocycles. The number of anilines is 1. The number of carbonyl (C=O) groups excluding carboxylic acids is 1. The minimum Gasteiger partial charge on any atom is -0.326 e. The van der Waals surface area contributed by atoms with Gasteiger partial charge in [0.15, 0.2) is 0 Å². The largest absolute Gasteiger partial charge is 0.326 e. The van der Waals surface area contributed by atoms with E-state index in [0.29, 0.717) is 24.1 Å². The average Bonchev–Trinajstić information content (AvgIpc) is 2.62. The van der Waals surface area contributed by atoms with E-state index in [0.717, 1.165) is 11.1 Å². The molecular formula is C20H17FN2O. The molecule has 3 rings (SSSR count). The Morgan fingerprint density at radius 2 is 1.75 bits per heavy atom. The van der Waals surface area contributed by atoms with Gasteiger partial charge < -0.3 is 5.32 Å². The third-order valence-electron chi connectivity index (χ3n) is 3.74. The molecule has 0 atom stereocenters. The van der Waals surface area contributed by atoms with E-state index < -0.39 is 0 Å². The van der Waals surface area contributed by atoms with Crippen molar-refractivity contribution in [3.8, 4) is 11.1 Å². The summed E-state index contributed by atoms with van der Waals surface area (Å²) in [5.41, 5.74) is 3.08. The van der Waals surface area contributed by atoms with Crippen LogP contribution in [0.25, 0.3) is 11.1 Å². The fraction of sp³-hybridized carbons (Fsp3) is 0.100. The number of halogens is 1. The highest BCUT2D eigenvalue weighted by atomic mass is 19.1. The van der Waals surface area contributed by atoms with Crippen LogP contribution in [0.4, 0.5) is 10.1 Å². The number of nitrogens with one attached hydrogen (secondary N) is 1. The van der Waals surface area contributed by atoms with Crippen LogP contribution in [0.5, 0.6) is 0 Å². The van der Waals surface area contributed by atoms with E-state index in [4.69, 9.17) is 0 Å². The summed E-state index contributed by atoms with van der Waals surface area (Å²) in [5, 5.41) is 2.86. The summed E-state index contributed by atoms with van der Waals surface area (Å²) in [6, 6.07) is 18.6. The van der Waals surface area contributed by atoms with Gasteiger partial charge in [-0.1, -0.05) is 42.5 Å². The van der Waals surface area contributed by atoms with Crippen LogP contribution in [0, 0.1) is 5.82 Å². The van der Waals surface area contributed by atoms with E-state index in [2.05, 4.69) is 10.3 Å². The number of hydrogen-bond acceptors (Lipinski definition) is 2.